The summed E-state index contributed by atoms with van der Waals surface area (Å²) in [5, 5.41) is 0.654. The monoisotopic (exact) mass is 382 g/mol. The van der Waals surface area contributed by atoms with Crippen LogP contribution in [0.5, 0.6) is 0 Å². The van der Waals surface area contributed by atoms with Crippen molar-refractivity contribution in [2.75, 3.05) is 12.8 Å². The van der Waals surface area contributed by atoms with Crippen LogP contribution in [-0.4, -0.2) is 49.4 Å². The number of thioether (sulfide) groups is 1. The maximum atomic E-state index is 12.6. The van der Waals surface area contributed by atoms with E-state index >= 15 is 0 Å². The standard InChI is InChI=1S/C18H26N2O3S2/c1-13-4-3-5-17(10-13)25(22,23)19-9-8-18(21)20-14-6-7-15(20)12-16(11-14)24-2/h3-5,10,14-16,19H,6-9,11-12H2,1-2H3. The molecule has 2 bridgehead atoms. The first-order valence-electron chi connectivity index (χ1n) is 8.81. The summed E-state index contributed by atoms with van der Waals surface area (Å²) in [5.41, 5.74) is 0.896. The van der Waals surface area contributed by atoms with Crippen LogP contribution in [0.25, 0.3) is 0 Å². The van der Waals surface area contributed by atoms with Crippen molar-refractivity contribution in [3.63, 3.8) is 0 Å². The molecule has 25 heavy (non-hydrogen) atoms. The molecule has 1 aromatic rings. The Hall–Kier alpha value is -1.05. The number of nitrogens with zero attached hydrogens (tertiary/aromatic N) is 1. The van der Waals surface area contributed by atoms with Crippen LogP contribution in [0.1, 0.15) is 37.7 Å². The third-order valence-corrected chi connectivity index (χ3v) is 7.75. The highest BCUT2D eigenvalue weighted by atomic mass is 32.2. The summed E-state index contributed by atoms with van der Waals surface area (Å²) in [7, 11) is -3.56. The number of sulfonamides is 1. The van der Waals surface area contributed by atoms with Crippen molar-refractivity contribution in [2.24, 2.45) is 0 Å². The third-order valence-electron chi connectivity index (χ3n) is 5.24. The van der Waals surface area contributed by atoms with E-state index in [0.29, 0.717) is 17.3 Å². The lowest BCUT2D eigenvalue weighted by atomic mass is 10.0. The lowest BCUT2D eigenvalue weighted by Gasteiger charge is -2.38. The van der Waals surface area contributed by atoms with Gasteiger partial charge in [0.2, 0.25) is 15.9 Å². The van der Waals surface area contributed by atoms with Crippen LogP contribution in [-0.2, 0) is 14.8 Å². The molecule has 0 saturated carbocycles. The van der Waals surface area contributed by atoms with E-state index in [1.165, 1.54) is 0 Å². The number of amides is 1. The highest BCUT2D eigenvalue weighted by Crippen LogP contribution is 2.39. The van der Waals surface area contributed by atoms with Crippen LogP contribution < -0.4 is 4.72 Å². The van der Waals surface area contributed by atoms with Gasteiger partial charge in [0.05, 0.1) is 4.90 Å². The van der Waals surface area contributed by atoms with Gasteiger partial charge in [-0.3, -0.25) is 4.79 Å². The van der Waals surface area contributed by atoms with Gasteiger partial charge in [0.1, 0.15) is 0 Å². The molecular formula is C18H26N2O3S2. The SMILES string of the molecule is CSC1CC2CCC(C1)N2C(=O)CCNS(=O)(=O)c1cccc(C)c1. The number of benzene rings is 1. The second-order valence-corrected chi connectivity index (χ2v) is 9.88. The average Bonchev–Trinajstić information content (AvgIpc) is 2.85. The lowest BCUT2D eigenvalue weighted by Crippen LogP contribution is -2.48. The molecule has 5 nitrogen and oxygen atoms in total. The molecule has 2 saturated heterocycles. The van der Waals surface area contributed by atoms with Crippen LogP contribution in [0.4, 0.5) is 0 Å². The summed E-state index contributed by atoms with van der Waals surface area (Å²) in [6.07, 6.45) is 6.67. The molecular weight excluding hydrogens is 356 g/mol. The van der Waals surface area contributed by atoms with Crippen LogP contribution in [0.3, 0.4) is 0 Å². The van der Waals surface area contributed by atoms with Crippen LogP contribution in [0.2, 0.25) is 0 Å². The molecule has 2 fully saturated rings. The quantitative estimate of drug-likeness (QED) is 0.821. The fourth-order valence-electron chi connectivity index (χ4n) is 4.01. The van der Waals surface area contributed by atoms with E-state index < -0.39 is 10.0 Å². The predicted octanol–water partition coefficient (Wildman–Crippen LogP) is 2.55. The second kappa shape index (κ2) is 7.68. The van der Waals surface area contributed by atoms with Gasteiger partial charge in [-0.25, -0.2) is 13.1 Å². The average molecular weight is 383 g/mol. The first kappa shape index (κ1) is 18.7. The highest BCUT2D eigenvalue weighted by molar-refractivity contribution is 7.99. The molecule has 2 unspecified atom stereocenters. The van der Waals surface area contributed by atoms with E-state index in [9.17, 15) is 13.2 Å². The fourth-order valence-corrected chi connectivity index (χ4v) is 5.98. The van der Waals surface area contributed by atoms with Gasteiger partial charge in [-0.05, 0) is 56.6 Å². The lowest BCUT2D eigenvalue weighted by molar-refractivity contribution is -0.135. The van der Waals surface area contributed by atoms with E-state index in [1.807, 2.05) is 29.7 Å². The van der Waals surface area contributed by atoms with Crippen molar-refractivity contribution < 1.29 is 13.2 Å². The number of fused-ring (bicyclic) bond motifs is 2. The van der Waals surface area contributed by atoms with Crippen molar-refractivity contribution >= 4 is 27.7 Å². The largest absolute Gasteiger partial charge is 0.337 e. The Balaban J connectivity index is 1.55. The van der Waals surface area contributed by atoms with Crippen LogP contribution in [0, 0.1) is 6.92 Å². The van der Waals surface area contributed by atoms with Gasteiger partial charge >= 0.3 is 0 Å². The van der Waals surface area contributed by atoms with Gasteiger partial charge in [-0.2, -0.15) is 11.8 Å². The molecule has 0 aromatic heterocycles. The summed E-state index contributed by atoms with van der Waals surface area (Å²) in [6.45, 7) is 2.01. The van der Waals surface area contributed by atoms with Crippen molar-refractivity contribution in [1.82, 2.24) is 9.62 Å². The van der Waals surface area contributed by atoms with Crippen molar-refractivity contribution in [3.05, 3.63) is 29.8 Å². The Kier molecular flexibility index (Phi) is 5.75. The number of hydrogen-bond acceptors (Lipinski definition) is 4. The molecule has 138 valence electrons. The van der Waals surface area contributed by atoms with Gasteiger partial charge in [-0.1, -0.05) is 12.1 Å². The maximum absolute atomic E-state index is 12.6. The van der Waals surface area contributed by atoms with Gasteiger partial charge in [-0.15, -0.1) is 0 Å². The van der Waals surface area contributed by atoms with E-state index in [2.05, 4.69) is 11.0 Å². The molecule has 0 aliphatic carbocycles. The van der Waals surface area contributed by atoms with E-state index in [-0.39, 0.29) is 23.8 Å². The fraction of sp³-hybridized carbons (Fsp3) is 0.611. The number of aryl methyl sites for hydroxylation is 1. The molecule has 1 aromatic carbocycles. The van der Waals surface area contributed by atoms with Gasteiger partial charge in [0.25, 0.3) is 0 Å². The summed E-state index contributed by atoms with van der Waals surface area (Å²) >= 11 is 1.90. The predicted molar refractivity (Wildman–Crippen MR) is 101 cm³/mol. The van der Waals surface area contributed by atoms with Crippen LogP contribution in [0.15, 0.2) is 29.2 Å². The smallest absolute Gasteiger partial charge is 0.240 e. The Morgan fingerprint density at radius 2 is 1.96 bits per heavy atom. The number of nitrogens with one attached hydrogen (secondary N) is 1. The van der Waals surface area contributed by atoms with Crippen LogP contribution >= 0.6 is 11.8 Å². The Labute approximate surface area is 154 Å². The molecule has 2 aliphatic heterocycles. The normalized spacial score (nSPS) is 26.0. The van der Waals surface area contributed by atoms with Crippen molar-refractivity contribution in [3.8, 4) is 0 Å². The minimum absolute atomic E-state index is 0.0824. The Morgan fingerprint density at radius 3 is 2.56 bits per heavy atom. The topological polar surface area (TPSA) is 66.5 Å². The minimum Gasteiger partial charge on any atom is -0.337 e. The van der Waals surface area contributed by atoms with E-state index in [1.54, 1.807) is 18.2 Å². The van der Waals surface area contributed by atoms with E-state index in [0.717, 1.165) is 31.2 Å². The number of rotatable bonds is 6. The third kappa shape index (κ3) is 4.20. The number of piperidine rings is 1. The Morgan fingerprint density at radius 1 is 1.28 bits per heavy atom. The number of carbonyl (C=O) groups is 1. The zero-order valence-corrected chi connectivity index (χ0v) is 16.4. The summed E-state index contributed by atoms with van der Waals surface area (Å²) in [4.78, 5) is 14.9. The van der Waals surface area contributed by atoms with Gasteiger partial charge in [0, 0.05) is 30.3 Å². The molecule has 1 amide bonds. The summed E-state index contributed by atoms with van der Waals surface area (Å²) in [5.74, 6) is 0.0824. The molecule has 2 atom stereocenters. The van der Waals surface area contributed by atoms with Gasteiger partial charge in [0.15, 0.2) is 0 Å². The minimum atomic E-state index is -3.56. The van der Waals surface area contributed by atoms with Crippen molar-refractivity contribution in [2.45, 2.75) is 61.3 Å². The maximum Gasteiger partial charge on any atom is 0.240 e. The van der Waals surface area contributed by atoms with Crippen molar-refractivity contribution in [1.29, 1.82) is 0 Å². The number of carbonyl (C=O) groups excluding carboxylic acids is 1. The summed E-state index contributed by atoms with van der Waals surface area (Å²) in [6, 6.07) is 7.48. The van der Waals surface area contributed by atoms with E-state index in [4.69, 9.17) is 0 Å². The number of hydrogen-bond donors (Lipinski definition) is 1. The Bertz CT molecular complexity index is 722. The zero-order valence-electron chi connectivity index (χ0n) is 14.8. The molecule has 0 spiro atoms. The molecule has 1 N–H and O–H groups in total. The molecule has 7 heteroatoms. The first-order valence-corrected chi connectivity index (χ1v) is 11.6. The molecule has 0 radical (unpaired) electrons. The first-order chi connectivity index (χ1) is 11.9. The van der Waals surface area contributed by atoms with Gasteiger partial charge < -0.3 is 4.90 Å². The molecule has 2 aliphatic rings. The summed E-state index contributed by atoms with van der Waals surface area (Å²) < 4.78 is 27.2. The zero-order chi connectivity index (χ0) is 18.0. The molecule has 2 heterocycles. The molecule has 3 rings (SSSR count). The highest BCUT2D eigenvalue weighted by Gasteiger charge is 2.42. The second-order valence-electron chi connectivity index (χ2n) is 6.98.